The van der Waals surface area contributed by atoms with Crippen molar-refractivity contribution in [2.45, 2.75) is 30.7 Å². The molecule has 1 saturated carbocycles. The number of carbonyl (C=O) groups is 3. The highest BCUT2D eigenvalue weighted by Gasteiger charge is 2.57. The zero-order valence-corrected chi connectivity index (χ0v) is 21.5. The molecule has 2 amide bonds. The second-order valence-electron chi connectivity index (χ2n) is 10.6. The molecule has 0 saturated heterocycles. The molecule has 3 N–H and O–H groups in total. The number of aromatic amines is 1. The summed E-state index contributed by atoms with van der Waals surface area (Å²) >= 11 is 0. The number of carbonyl (C=O) groups excluding carboxylic acids is 3. The van der Waals surface area contributed by atoms with Gasteiger partial charge in [-0.2, -0.15) is 5.26 Å². The number of rotatable bonds is 6. The van der Waals surface area contributed by atoms with Gasteiger partial charge in [-0.1, -0.05) is 30.3 Å². The molecule has 0 bridgehead atoms. The van der Waals surface area contributed by atoms with Gasteiger partial charge in [0.05, 0.1) is 29.0 Å². The van der Waals surface area contributed by atoms with Crippen LogP contribution in [-0.4, -0.2) is 28.6 Å². The van der Waals surface area contributed by atoms with Gasteiger partial charge >= 0.3 is 0 Å². The summed E-state index contributed by atoms with van der Waals surface area (Å²) in [4.78, 5) is 43.1. The molecule has 10 heteroatoms. The molecule has 4 aromatic rings. The lowest BCUT2D eigenvalue weighted by molar-refractivity contribution is -0.125. The van der Waals surface area contributed by atoms with Gasteiger partial charge in [-0.3, -0.25) is 14.4 Å². The molecule has 206 valence electrons. The number of ketones is 1. The molecule has 2 heterocycles. The maximum Gasteiger partial charge on any atom is 0.268 e. The van der Waals surface area contributed by atoms with Crippen LogP contribution in [-0.2, 0) is 21.4 Å². The molecule has 6 rings (SSSR count). The lowest BCUT2D eigenvalue weighted by atomic mass is 9.78. The molecule has 0 radical (unpaired) electrons. The Hall–Kier alpha value is -4.91. The number of aromatic nitrogens is 1. The van der Waals surface area contributed by atoms with Crippen molar-refractivity contribution in [2.75, 3.05) is 5.32 Å². The number of hydrogen-bond donors (Lipinski definition) is 3. The van der Waals surface area contributed by atoms with Crippen molar-refractivity contribution in [3.05, 3.63) is 101 Å². The van der Waals surface area contributed by atoms with Crippen molar-refractivity contribution < 1.29 is 27.6 Å². The van der Waals surface area contributed by atoms with Crippen molar-refractivity contribution in [1.29, 1.82) is 5.26 Å². The van der Waals surface area contributed by atoms with Gasteiger partial charge in [-0.15, -0.1) is 0 Å². The van der Waals surface area contributed by atoms with Crippen LogP contribution in [0.5, 0.6) is 0 Å². The molecular weight excluding hydrogens is 533 g/mol. The predicted octanol–water partition coefficient (Wildman–Crippen LogP) is 4.94. The van der Waals surface area contributed by atoms with E-state index in [-0.39, 0.29) is 41.8 Å². The molecule has 2 aliphatic rings. The fraction of sp³-hybridized carbons (Fsp3) is 0.226. The van der Waals surface area contributed by atoms with Crippen molar-refractivity contribution in [3.63, 3.8) is 0 Å². The number of hydrogen-bond acceptors (Lipinski definition) is 4. The number of benzene rings is 3. The minimum absolute atomic E-state index is 0.0608. The van der Waals surface area contributed by atoms with Crippen LogP contribution in [0, 0.1) is 40.6 Å². The number of fused-ring (bicyclic) bond motifs is 3. The summed E-state index contributed by atoms with van der Waals surface area (Å²) in [5, 5.41) is 15.4. The Morgan fingerprint density at radius 3 is 2.56 bits per heavy atom. The summed E-state index contributed by atoms with van der Waals surface area (Å²) in [5.74, 6) is -5.33. The number of amides is 2. The Bertz CT molecular complexity index is 1740. The SMILES string of the molecule is N#C[C@@H]1C[C@@]2(CC1C(=O)C(Cc1cccc(F)c1)NC(=O)c1cc3c(F)ccc(F)c3[nH]1)C(=O)Nc1ccccc12. The maximum absolute atomic E-state index is 14.3. The molecule has 1 aromatic heterocycles. The van der Waals surface area contributed by atoms with Crippen molar-refractivity contribution >= 4 is 34.2 Å². The second-order valence-corrected chi connectivity index (χ2v) is 10.6. The van der Waals surface area contributed by atoms with Crippen LogP contribution in [0.3, 0.4) is 0 Å². The van der Waals surface area contributed by atoms with E-state index in [0.29, 0.717) is 16.8 Å². The molecule has 4 atom stereocenters. The standard InChI is InChI=1S/C31H23F3N4O3/c32-18-5-3-4-16(10-18)11-25(37-29(40)26-12-19-22(33)8-9-23(34)27(19)36-26)28(39)20-14-31(13-17(20)15-35)21-6-1-2-7-24(21)38-30(31)41/h1-10,12,17,20,25,36H,11,13-14H2,(H,37,40)(H,38,41)/t17-,20?,25?,31-/m0/s1. The Morgan fingerprint density at radius 1 is 1.02 bits per heavy atom. The average Bonchev–Trinajstić information content (AvgIpc) is 3.66. The third-order valence-electron chi connectivity index (χ3n) is 8.19. The van der Waals surface area contributed by atoms with E-state index in [1.54, 1.807) is 30.3 Å². The fourth-order valence-electron chi connectivity index (χ4n) is 6.22. The van der Waals surface area contributed by atoms with E-state index in [1.165, 1.54) is 18.2 Å². The highest BCUT2D eigenvalue weighted by Crippen LogP contribution is 2.53. The summed E-state index contributed by atoms with van der Waals surface area (Å²) in [6, 6.07) is 16.7. The molecule has 1 fully saturated rings. The lowest BCUT2D eigenvalue weighted by Crippen LogP contribution is -2.46. The number of nitrogens with zero attached hydrogens (tertiary/aromatic N) is 1. The summed E-state index contributed by atoms with van der Waals surface area (Å²) in [5.41, 5.74) is 0.319. The van der Waals surface area contributed by atoms with Crippen LogP contribution < -0.4 is 10.6 Å². The largest absolute Gasteiger partial charge is 0.348 e. The van der Waals surface area contributed by atoms with Crippen LogP contribution in [0.25, 0.3) is 10.9 Å². The van der Waals surface area contributed by atoms with E-state index in [2.05, 4.69) is 21.7 Å². The Kier molecular flexibility index (Phi) is 6.37. The van der Waals surface area contributed by atoms with Crippen LogP contribution in [0.2, 0.25) is 0 Å². The Balaban J connectivity index is 1.34. The van der Waals surface area contributed by atoms with Gasteiger partial charge in [0.15, 0.2) is 5.78 Å². The highest BCUT2D eigenvalue weighted by atomic mass is 19.1. The van der Waals surface area contributed by atoms with Crippen molar-refractivity contribution in [2.24, 2.45) is 11.8 Å². The first-order valence-electron chi connectivity index (χ1n) is 13.1. The number of nitriles is 1. The van der Waals surface area contributed by atoms with Crippen LogP contribution in [0.15, 0.2) is 66.7 Å². The van der Waals surface area contributed by atoms with E-state index in [0.717, 1.165) is 18.2 Å². The Morgan fingerprint density at radius 2 is 1.80 bits per heavy atom. The minimum atomic E-state index is -1.22. The number of nitrogens with one attached hydrogen (secondary N) is 3. The van der Waals surface area contributed by atoms with Gasteiger partial charge in [0.25, 0.3) is 5.91 Å². The third-order valence-corrected chi connectivity index (χ3v) is 8.19. The zero-order valence-electron chi connectivity index (χ0n) is 21.5. The van der Waals surface area contributed by atoms with Gasteiger partial charge in [0.1, 0.15) is 23.1 Å². The van der Waals surface area contributed by atoms with Crippen LogP contribution in [0.1, 0.15) is 34.5 Å². The van der Waals surface area contributed by atoms with E-state index >= 15 is 0 Å². The number of para-hydroxylation sites is 1. The summed E-state index contributed by atoms with van der Waals surface area (Å²) in [6.45, 7) is 0. The van der Waals surface area contributed by atoms with Crippen molar-refractivity contribution in [1.82, 2.24) is 10.3 Å². The smallest absolute Gasteiger partial charge is 0.268 e. The quantitative estimate of drug-likeness (QED) is 0.312. The van der Waals surface area contributed by atoms with Crippen LogP contribution in [0.4, 0.5) is 18.9 Å². The Labute approximate surface area is 232 Å². The van der Waals surface area contributed by atoms with Gasteiger partial charge in [0, 0.05) is 17.0 Å². The first kappa shape index (κ1) is 26.3. The molecule has 2 unspecified atom stereocenters. The molecule has 1 aliphatic carbocycles. The second kappa shape index (κ2) is 9.93. The number of H-pyrrole nitrogens is 1. The summed E-state index contributed by atoms with van der Waals surface area (Å²) < 4.78 is 42.5. The summed E-state index contributed by atoms with van der Waals surface area (Å²) in [6.07, 6.45) is 0.0882. The molecule has 7 nitrogen and oxygen atoms in total. The minimum Gasteiger partial charge on any atom is -0.348 e. The third kappa shape index (κ3) is 4.43. The molecule has 3 aromatic carbocycles. The van der Waals surface area contributed by atoms with E-state index in [4.69, 9.17) is 0 Å². The lowest BCUT2D eigenvalue weighted by Gasteiger charge is -2.24. The van der Waals surface area contributed by atoms with Gasteiger partial charge in [-0.25, -0.2) is 13.2 Å². The zero-order chi connectivity index (χ0) is 28.9. The van der Waals surface area contributed by atoms with Gasteiger partial charge in [-0.05, 0) is 66.8 Å². The number of anilines is 1. The molecular formula is C31H23F3N4O3. The topological polar surface area (TPSA) is 115 Å². The predicted molar refractivity (Wildman–Crippen MR) is 143 cm³/mol. The van der Waals surface area contributed by atoms with E-state index < -0.39 is 52.4 Å². The molecule has 1 spiro atoms. The van der Waals surface area contributed by atoms with E-state index in [9.17, 15) is 32.8 Å². The first-order chi connectivity index (χ1) is 19.7. The number of Topliss-reactive ketones (excluding diaryl/α,β-unsaturated/α-hetero) is 1. The number of halogens is 3. The normalized spacial score (nSPS) is 21.9. The van der Waals surface area contributed by atoms with Crippen LogP contribution >= 0.6 is 0 Å². The van der Waals surface area contributed by atoms with Gasteiger partial charge in [0.2, 0.25) is 5.91 Å². The fourth-order valence-corrected chi connectivity index (χ4v) is 6.22. The average molecular weight is 557 g/mol. The summed E-state index contributed by atoms with van der Waals surface area (Å²) in [7, 11) is 0. The van der Waals surface area contributed by atoms with Gasteiger partial charge < -0.3 is 15.6 Å². The van der Waals surface area contributed by atoms with E-state index in [1.807, 2.05) is 0 Å². The molecule has 1 aliphatic heterocycles. The van der Waals surface area contributed by atoms with Crippen molar-refractivity contribution in [3.8, 4) is 6.07 Å². The monoisotopic (exact) mass is 556 g/mol. The first-order valence-corrected chi connectivity index (χ1v) is 13.1. The highest BCUT2D eigenvalue weighted by molar-refractivity contribution is 6.07. The maximum atomic E-state index is 14.3. The molecule has 41 heavy (non-hydrogen) atoms.